The van der Waals surface area contributed by atoms with Gasteiger partial charge in [0.05, 0.1) is 11.3 Å². The summed E-state index contributed by atoms with van der Waals surface area (Å²) in [5.41, 5.74) is 1.21. The molecule has 0 bridgehead atoms. The van der Waals surface area contributed by atoms with Gasteiger partial charge in [0.1, 0.15) is 18.2 Å². The number of hydrogen-bond acceptors (Lipinski definition) is 5. The van der Waals surface area contributed by atoms with Crippen LogP contribution in [0.1, 0.15) is 24.4 Å². The van der Waals surface area contributed by atoms with Gasteiger partial charge in [-0.05, 0) is 19.5 Å². The van der Waals surface area contributed by atoms with Gasteiger partial charge in [-0.2, -0.15) is 0 Å². The summed E-state index contributed by atoms with van der Waals surface area (Å²) in [4.78, 5) is 4.37. The highest BCUT2D eigenvalue weighted by molar-refractivity contribution is 7.99. The molecule has 2 N–H and O–H groups in total. The van der Waals surface area contributed by atoms with Crippen LogP contribution >= 0.6 is 11.8 Å². The molecule has 2 atom stereocenters. The molecule has 6 heteroatoms. The lowest BCUT2D eigenvalue weighted by Gasteiger charge is -2.33. The van der Waals surface area contributed by atoms with Crippen LogP contribution in [-0.4, -0.2) is 33.6 Å². The molecule has 2 unspecified atom stereocenters. The van der Waals surface area contributed by atoms with Crippen LogP contribution in [0.3, 0.4) is 0 Å². The molecular weight excluding hydrogens is 272 g/mol. The summed E-state index contributed by atoms with van der Waals surface area (Å²) in [6.45, 7) is 5.61. The first-order valence-corrected chi connectivity index (χ1v) is 7.66. The second kappa shape index (κ2) is 5.85. The molecule has 0 fully saturated rings. The fourth-order valence-corrected chi connectivity index (χ4v) is 3.48. The van der Waals surface area contributed by atoms with Crippen molar-refractivity contribution in [3.63, 3.8) is 0 Å². The number of fused-ring (bicyclic) bond motifs is 1. The van der Waals surface area contributed by atoms with Crippen molar-refractivity contribution in [2.24, 2.45) is 0 Å². The van der Waals surface area contributed by atoms with Crippen molar-refractivity contribution >= 4 is 11.8 Å². The Morgan fingerprint density at radius 1 is 1.45 bits per heavy atom. The molecule has 0 aliphatic carbocycles. The van der Waals surface area contributed by atoms with Gasteiger partial charge in [0, 0.05) is 5.56 Å². The second-order valence-electron chi connectivity index (χ2n) is 4.74. The van der Waals surface area contributed by atoms with Gasteiger partial charge in [-0.25, -0.2) is 4.98 Å². The van der Waals surface area contributed by atoms with Gasteiger partial charge in [0.2, 0.25) is 5.16 Å². The normalized spacial score (nSPS) is 21.3. The van der Waals surface area contributed by atoms with Crippen molar-refractivity contribution < 1.29 is 4.74 Å². The number of para-hydroxylation sites is 1. The van der Waals surface area contributed by atoms with Gasteiger partial charge >= 0.3 is 0 Å². The minimum absolute atomic E-state index is 0.258. The molecule has 0 saturated heterocycles. The van der Waals surface area contributed by atoms with E-state index in [4.69, 9.17) is 4.74 Å². The fourth-order valence-electron chi connectivity index (χ4n) is 2.41. The average Bonchev–Trinajstić information content (AvgIpc) is 2.87. The quantitative estimate of drug-likeness (QED) is 0.905. The summed E-state index contributed by atoms with van der Waals surface area (Å²) in [5, 5.41) is 11.7. The molecule has 1 aromatic carbocycles. The number of nitrogens with one attached hydrogen (secondary N) is 2. The van der Waals surface area contributed by atoms with E-state index in [0.717, 1.165) is 23.3 Å². The Kier molecular flexibility index (Phi) is 3.93. The molecule has 2 aromatic rings. The van der Waals surface area contributed by atoms with Crippen LogP contribution in [0.25, 0.3) is 0 Å². The van der Waals surface area contributed by atoms with E-state index in [1.54, 1.807) is 11.8 Å². The number of nitrogens with zero attached hydrogens (tertiary/aromatic N) is 2. The van der Waals surface area contributed by atoms with E-state index in [-0.39, 0.29) is 11.3 Å². The van der Waals surface area contributed by atoms with Crippen LogP contribution in [0.15, 0.2) is 29.4 Å². The summed E-state index contributed by atoms with van der Waals surface area (Å²) in [5.74, 6) is 1.81. The van der Waals surface area contributed by atoms with E-state index in [9.17, 15) is 0 Å². The molecule has 5 nitrogen and oxygen atoms in total. The Hall–Kier alpha value is -1.53. The fraction of sp³-hybridized carbons (Fsp3) is 0.429. The topological polar surface area (TPSA) is 62.8 Å². The van der Waals surface area contributed by atoms with Gasteiger partial charge in [0.15, 0.2) is 0 Å². The zero-order valence-electron chi connectivity index (χ0n) is 11.6. The van der Waals surface area contributed by atoms with Crippen molar-refractivity contribution in [3.8, 4) is 5.75 Å². The first-order chi connectivity index (χ1) is 9.78. The molecule has 2 heterocycles. The number of benzene rings is 1. The summed E-state index contributed by atoms with van der Waals surface area (Å²) in [7, 11) is 0. The molecular formula is C14H18N4OS. The summed E-state index contributed by atoms with van der Waals surface area (Å²) >= 11 is 1.66. The number of rotatable bonds is 4. The minimum Gasteiger partial charge on any atom is -0.492 e. The van der Waals surface area contributed by atoms with E-state index in [1.165, 1.54) is 5.56 Å². The molecule has 0 radical (unpaired) electrons. The number of H-pyrrole nitrogens is 1. The maximum atomic E-state index is 5.87. The number of thioether (sulfide) groups is 1. The van der Waals surface area contributed by atoms with Gasteiger partial charge < -0.3 is 10.1 Å². The zero-order valence-corrected chi connectivity index (χ0v) is 12.4. The number of hydrogen-bond donors (Lipinski definition) is 2. The lowest BCUT2D eigenvalue weighted by atomic mass is 10.0. The summed E-state index contributed by atoms with van der Waals surface area (Å²) < 4.78 is 5.87. The van der Waals surface area contributed by atoms with Gasteiger partial charge in [-0.15, -0.1) is 5.10 Å². The Balaban J connectivity index is 1.84. The molecule has 1 aliphatic heterocycles. The lowest BCUT2D eigenvalue weighted by molar-refractivity contribution is 0.261. The van der Waals surface area contributed by atoms with Crippen molar-refractivity contribution in [2.75, 3.05) is 13.2 Å². The van der Waals surface area contributed by atoms with Crippen molar-refractivity contribution in [1.82, 2.24) is 20.5 Å². The molecule has 0 spiro atoms. The first kappa shape index (κ1) is 13.5. The highest BCUT2D eigenvalue weighted by Gasteiger charge is 2.31. The van der Waals surface area contributed by atoms with Gasteiger partial charge in [-0.1, -0.05) is 36.9 Å². The third kappa shape index (κ3) is 2.66. The predicted octanol–water partition coefficient (Wildman–Crippen LogP) is 2.32. The van der Waals surface area contributed by atoms with Crippen LogP contribution in [0.2, 0.25) is 0 Å². The maximum absolute atomic E-state index is 5.87. The third-order valence-corrected chi connectivity index (χ3v) is 4.39. The van der Waals surface area contributed by atoms with E-state index >= 15 is 0 Å². The summed E-state index contributed by atoms with van der Waals surface area (Å²) in [6, 6.07) is 8.47. The number of ether oxygens (including phenoxy) is 1. The molecule has 0 saturated carbocycles. The molecule has 106 valence electrons. The number of aromatic nitrogens is 3. The van der Waals surface area contributed by atoms with Crippen LogP contribution in [-0.2, 0) is 0 Å². The predicted molar refractivity (Wildman–Crippen MR) is 79.1 cm³/mol. The SMILES string of the molecule is CCNC1c2ccccc2OCC1Sc1n[nH]c(C)n1. The average molecular weight is 290 g/mol. The minimum atomic E-state index is 0.258. The second-order valence-corrected chi connectivity index (χ2v) is 5.95. The van der Waals surface area contributed by atoms with Crippen LogP contribution in [0.4, 0.5) is 0 Å². The van der Waals surface area contributed by atoms with E-state index < -0.39 is 0 Å². The largest absolute Gasteiger partial charge is 0.492 e. The Bertz CT molecular complexity index is 586. The Morgan fingerprint density at radius 2 is 2.30 bits per heavy atom. The van der Waals surface area contributed by atoms with Crippen molar-refractivity contribution in [2.45, 2.75) is 30.3 Å². The van der Waals surface area contributed by atoms with Crippen LogP contribution in [0.5, 0.6) is 5.75 Å². The zero-order chi connectivity index (χ0) is 13.9. The van der Waals surface area contributed by atoms with Gasteiger partial charge in [-0.3, -0.25) is 5.10 Å². The molecule has 1 aromatic heterocycles. The maximum Gasteiger partial charge on any atom is 0.208 e. The summed E-state index contributed by atoms with van der Waals surface area (Å²) in [6.07, 6.45) is 0. The first-order valence-electron chi connectivity index (χ1n) is 6.78. The smallest absolute Gasteiger partial charge is 0.208 e. The van der Waals surface area contributed by atoms with Crippen molar-refractivity contribution in [3.05, 3.63) is 35.7 Å². The Morgan fingerprint density at radius 3 is 3.05 bits per heavy atom. The molecule has 0 amide bonds. The molecule has 20 heavy (non-hydrogen) atoms. The van der Waals surface area contributed by atoms with Gasteiger partial charge in [0.25, 0.3) is 0 Å². The van der Waals surface area contributed by atoms with E-state index in [2.05, 4.69) is 39.6 Å². The molecule has 1 aliphatic rings. The third-order valence-electron chi connectivity index (χ3n) is 3.29. The van der Waals surface area contributed by atoms with Crippen LogP contribution < -0.4 is 10.1 Å². The monoisotopic (exact) mass is 290 g/mol. The van der Waals surface area contributed by atoms with E-state index in [1.807, 2.05) is 19.1 Å². The standard InChI is InChI=1S/C14H18N4OS/c1-3-15-13-10-6-4-5-7-11(10)19-8-12(13)20-14-16-9(2)17-18-14/h4-7,12-13,15H,3,8H2,1-2H3,(H,16,17,18). The lowest BCUT2D eigenvalue weighted by Crippen LogP contribution is -2.37. The van der Waals surface area contributed by atoms with E-state index in [0.29, 0.717) is 6.61 Å². The number of aromatic amines is 1. The van der Waals surface area contributed by atoms with Crippen LogP contribution in [0, 0.1) is 6.92 Å². The van der Waals surface area contributed by atoms with Crippen molar-refractivity contribution in [1.29, 1.82) is 0 Å². The highest BCUT2D eigenvalue weighted by atomic mass is 32.2. The highest BCUT2D eigenvalue weighted by Crippen LogP contribution is 2.38. The molecule has 3 rings (SSSR count). The number of aryl methyl sites for hydroxylation is 1. The Labute approximate surface area is 122 Å².